The highest BCUT2D eigenvalue weighted by Gasteiger charge is 2.37. The molecule has 6 amide bonds. The Kier molecular flexibility index (Phi) is 22.5. The van der Waals surface area contributed by atoms with Crippen molar-refractivity contribution in [3.05, 3.63) is 12.2 Å². The van der Waals surface area contributed by atoms with E-state index >= 15 is 0 Å². The first-order chi connectivity index (χ1) is 22.3. The van der Waals surface area contributed by atoms with Gasteiger partial charge in [0.15, 0.2) is 0 Å². The number of carbonyl (C=O) groups is 6. The Hall–Kier alpha value is -2.34. The Bertz CT molecular complexity index is 1010. The molecular weight excluding hydrogens is 637 g/mol. The minimum atomic E-state index is -0.277. The van der Waals surface area contributed by atoms with Crippen molar-refractivity contribution in [1.29, 1.82) is 0 Å². The number of thiol groups is 1. The SMILES string of the molecule is C.CS.CSC1CC(=O)N(CCCC(=O)NC2CCCCCCC2)C1=O.O=C(CCCN1C(=O)C=CC1=O)NC1CCCCCCC1. The first-order valence-corrected chi connectivity index (χ1v) is 19.4. The van der Waals surface area contributed by atoms with Crippen LogP contribution in [-0.4, -0.2) is 88.2 Å². The number of likely N-dealkylation sites (tertiary alicyclic amines) is 1. The van der Waals surface area contributed by atoms with Gasteiger partial charge in [-0.2, -0.15) is 24.4 Å². The molecule has 0 aromatic heterocycles. The van der Waals surface area contributed by atoms with Gasteiger partial charge in [0.2, 0.25) is 23.6 Å². The quantitative estimate of drug-likeness (QED) is 0.190. The van der Waals surface area contributed by atoms with Crippen LogP contribution in [0, 0.1) is 0 Å². The Labute approximate surface area is 292 Å². The number of thioether (sulfide) groups is 1. The molecule has 2 heterocycles. The van der Waals surface area contributed by atoms with Gasteiger partial charge in [0.1, 0.15) is 0 Å². The summed E-state index contributed by atoms with van der Waals surface area (Å²) in [6, 6.07) is 0.605. The van der Waals surface area contributed by atoms with Crippen molar-refractivity contribution >= 4 is 59.8 Å². The van der Waals surface area contributed by atoms with Crippen molar-refractivity contribution in [2.45, 2.75) is 147 Å². The van der Waals surface area contributed by atoms with E-state index in [1.165, 1.54) is 97.9 Å². The molecule has 1 atom stereocenters. The lowest BCUT2D eigenvalue weighted by Gasteiger charge is -2.21. The molecule has 0 aromatic rings. The van der Waals surface area contributed by atoms with E-state index in [0.717, 1.165) is 25.7 Å². The molecule has 1 unspecified atom stereocenters. The van der Waals surface area contributed by atoms with Crippen LogP contribution < -0.4 is 10.6 Å². The average molecular weight is 697 g/mol. The van der Waals surface area contributed by atoms with Crippen LogP contribution in [0.4, 0.5) is 0 Å². The fourth-order valence-electron chi connectivity index (χ4n) is 6.32. The number of hydrogen-bond acceptors (Lipinski definition) is 8. The van der Waals surface area contributed by atoms with Crippen molar-refractivity contribution in [3.8, 4) is 0 Å². The van der Waals surface area contributed by atoms with Crippen molar-refractivity contribution in [3.63, 3.8) is 0 Å². The zero-order valence-electron chi connectivity index (χ0n) is 27.9. The monoisotopic (exact) mass is 696 g/mol. The summed E-state index contributed by atoms with van der Waals surface area (Å²) in [4.78, 5) is 73.0. The Morgan fingerprint density at radius 2 is 1.09 bits per heavy atom. The lowest BCUT2D eigenvalue weighted by Crippen LogP contribution is -2.36. The van der Waals surface area contributed by atoms with E-state index in [4.69, 9.17) is 0 Å². The van der Waals surface area contributed by atoms with Crippen LogP contribution in [0.5, 0.6) is 0 Å². The summed E-state index contributed by atoms with van der Waals surface area (Å²) >= 11 is 4.95. The maximum absolute atomic E-state index is 12.1. The van der Waals surface area contributed by atoms with Crippen LogP contribution in [0.2, 0.25) is 0 Å². The summed E-state index contributed by atoms with van der Waals surface area (Å²) in [5, 5.41) is 5.98. The van der Waals surface area contributed by atoms with Crippen LogP contribution in [0.25, 0.3) is 0 Å². The first-order valence-electron chi connectivity index (χ1n) is 17.2. The molecule has 12 heteroatoms. The number of nitrogens with one attached hydrogen (secondary N) is 2. The fourth-order valence-corrected chi connectivity index (χ4v) is 6.96. The van der Waals surface area contributed by atoms with E-state index < -0.39 is 0 Å². The largest absolute Gasteiger partial charge is 0.353 e. The highest BCUT2D eigenvalue weighted by molar-refractivity contribution is 8.00. The van der Waals surface area contributed by atoms with E-state index in [1.54, 1.807) is 6.26 Å². The highest BCUT2D eigenvalue weighted by Crippen LogP contribution is 2.23. The van der Waals surface area contributed by atoms with E-state index in [-0.39, 0.29) is 48.1 Å². The Balaban J connectivity index is 0.000000439. The van der Waals surface area contributed by atoms with E-state index in [1.807, 2.05) is 6.26 Å². The second kappa shape index (κ2) is 24.7. The molecule has 10 nitrogen and oxygen atoms in total. The molecule has 2 N–H and O–H groups in total. The maximum Gasteiger partial charge on any atom is 0.253 e. The molecular formula is C35H60N4O6S2. The van der Waals surface area contributed by atoms with Crippen molar-refractivity contribution < 1.29 is 28.8 Å². The lowest BCUT2D eigenvalue weighted by atomic mass is 9.96. The number of imide groups is 2. The van der Waals surface area contributed by atoms with E-state index in [9.17, 15) is 28.8 Å². The molecule has 4 aliphatic rings. The zero-order valence-corrected chi connectivity index (χ0v) is 29.6. The average Bonchev–Trinajstić information content (AvgIpc) is 3.48. The van der Waals surface area contributed by atoms with Crippen LogP contribution >= 0.6 is 24.4 Å². The van der Waals surface area contributed by atoms with E-state index in [0.29, 0.717) is 57.3 Å². The summed E-state index contributed by atoms with van der Waals surface area (Å²) in [6.07, 6.45) is 25.0. The van der Waals surface area contributed by atoms with Crippen molar-refractivity contribution in [2.24, 2.45) is 0 Å². The Morgan fingerprint density at radius 3 is 1.47 bits per heavy atom. The topological polar surface area (TPSA) is 133 Å². The van der Waals surface area contributed by atoms with Gasteiger partial charge in [0, 0.05) is 56.6 Å². The molecule has 268 valence electrons. The van der Waals surface area contributed by atoms with Gasteiger partial charge in [-0.25, -0.2) is 0 Å². The number of nitrogens with zero attached hydrogens (tertiary/aromatic N) is 2. The van der Waals surface area contributed by atoms with Gasteiger partial charge < -0.3 is 10.6 Å². The standard InChI is InChI=1S/C17H28N2O3S.C16H24N2O3.CH4S.CH4/c1-23-14-12-16(21)19(17(14)22)11-7-10-15(20)18-13-8-5-3-2-4-6-9-13;19-14(17-13-7-4-2-1-3-5-8-13)9-6-12-18-15(20)10-11-16(18)21;1-2;/h13-14H,2-12H2,1H3,(H,18,20);10-11,13H,1-9,12H2,(H,17,19);2H,1H3;1H4. The minimum Gasteiger partial charge on any atom is -0.353 e. The van der Waals surface area contributed by atoms with Crippen LogP contribution in [0.1, 0.15) is 129 Å². The van der Waals surface area contributed by atoms with Gasteiger partial charge in [-0.3, -0.25) is 38.6 Å². The molecule has 3 fully saturated rings. The third kappa shape index (κ3) is 16.1. The van der Waals surface area contributed by atoms with Crippen LogP contribution in [-0.2, 0) is 28.8 Å². The summed E-state index contributed by atoms with van der Waals surface area (Å²) in [5.41, 5.74) is 0. The zero-order chi connectivity index (χ0) is 33.7. The summed E-state index contributed by atoms with van der Waals surface area (Å²) in [5.74, 6) is -0.665. The smallest absolute Gasteiger partial charge is 0.253 e. The molecule has 47 heavy (non-hydrogen) atoms. The highest BCUT2D eigenvalue weighted by atomic mass is 32.2. The lowest BCUT2D eigenvalue weighted by molar-refractivity contribution is -0.139. The predicted octanol–water partition coefficient (Wildman–Crippen LogP) is 5.59. The number of carbonyl (C=O) groups excluding carboxylic acids is 6. The molecule has 4 rings (SSSR count). The molecule has 1 saturated heterocycles. The molecule has 2 aliphatic carbocycles. The molecule has 0 aromatic carbocycles. The number of hydrogen-bond donors (Lipinski definition) is 3. The van der Waals surface area contributed by atoms with Gasteiger partial charge in [-0.1, -0.05) is 71.6 Å². The predicted molar refractivity (Wildman–Crippen MR) is 193 cm³/mol. The summed E-state index contributed by atoms with van der Waals surface area (Å²) < 4.78 is 0. The molecule has 0 radical (unpaired) electrons. The molecule has 0 bridgehead atoms. The third-order valence-electron chi connectivity index (χ3n) is 8.90. The molecule has 2 saturated carbocycles. The minimum absolute atomic E-state index is 0. The second-order valence-corrected chi connectivity index (χ2v) is 13.4. The van der Waals surface area contributed by atoms with Crippen molar-refractivity contribution in [2.75, 3.05) is 25.6 Å². The van der Waals surface area contributed by atoms with Gasteiger partial charge in [-0.05, 0) is 51.0 Å². The van der Waals surface area contributed by atoms with Crippen LogP contribution in [0.3, 0.4) is 0 Å². The van der Waals surface area contributed by atoms with Gasteiger partial charge in [0.05, 0.1) is 5.25 Å². The number of amides is 6. The van der Waals surface area contributed by atoms with Crippen LogP contribution in [0.15, 0.2) is 12.2 Å². The van der Waals surface area contributed by atoms with Gasteiger partial charge in [-0.15, -0.1) is 0 Å². The second-order valence-electron chi connectivity index (χ2n) is 12.4. The number of rotatable bonds is 11. The Morgan fingerprint density at radius 1 is 0.702 bits per heavy atom. The van der Waals surface area contributed by atoms with Gasteiger partial charge in [0.25, 0.3) is 11.8 Å². The fraction of sp³-hybridized carbons (Fsp3) is 0.771. The summed E-state index contributed by atoms with van der Waals surface area (Å²) in [6.45, 7) is 0.690. The molecule has 2 aliphatic heterocycles. The molecule has 0 spiro atoms. The third-order valence-corrected chi connectivity index (χ3v) is 9.84. The first kappa shape index (κ1) is 42.7. The van der Waals surface area contributed by atoms with Crippen molar-refractivity contribution in [1.82, 2.24) is 20.4 Å². The maximum atomic E-state index is 12.1. The van der Waals surface area contributed by atoms with E-state index in [2.05, 4.69) is 23.3 Å². The summed E-state index contributed by atoms with van der Waals surface area (Å²) in [7, 11) is 0. The normalized spacial score (nSPS) is 20.9. The van der Waals surface area contributed by atoms with Gasteiger partial charge >= 0.3 is 0 Å².